The number of nitrogens with two attached hydrogens (primary N) is 1. The van der Waals surface area contributed by atoms with E-state index in [0.29, 0.717) is 17.7 Å². The van der Waals surface area contributed by atoms with Crippen molar-refractivity contribution in [3.8, 4) is 0 Å². The summed E-state index contributed by atoms with van der Waals surface area (Å²) in [5.74, 6) is -4.30. The molecule has 2 N–H and O–H groups in total. The van der Waals surface area contributed by atoms with Crippen molar-refractivity contribution < 1.29 is 40.7 Å². The molecular formula is C24H21Cl2F6N3O3. The normalized spacial score (nSPS) is 18.3. The van der Waals surface area contributed by atoms with E-state index in [4.69, 9.17) is 28.9 Å². The summed E-state index contributed by atoms with van der Waals surface area (Å²) in [5.41, 5.74) is 2.25. The minimum atomic E-state index is -5.03. The number of hydrogen-bond donors (Lipinski definition) is 1. The molecule has 14 heteroatoms. The molecule has 38 heavy (non-hydrogen) atoms. The van der Waals surface area contributed by atoms with Gasteiger partial charge in [-0.05, 0) is 47.9 Å². The first-order valence-corrected chi connectivity index (χ1v) is 11.8. The number of rotatable bonds is 4. The van der Waals surface area contributed by atoms with Crippen LogP contribution in [0, 0.1) is 5.92 Å². The predicted molar refractivity (Wildman–Crippen MR) is 126 cm³/mol. The molecule has 3 rings (SSSR count). The van der Waals surface area contributed by atoms with Crippen LogP contribution < -0.4 is 5.73 Å². The van der Waals surface area contributed by atoms with Gasteiger partial charge < -0.3 is 15.5 Å². The third-order valence-corrected chi connectivity index (χ3v) is 6.98. The summed E-state index contributed by atoms with van der Waals surface area (Å²) in [6.45, 7) is -0.669. The quantitative estimate of drug-likeness (QED) is 0.401. The van der Waals surface area contributed by atoms with Gasteiger partial charge in [0, 0.05) is 38.5 Å². The third-order valence-electron chi connectivity index (χ3n) is 6.24. The first kappa shape index (κ1) is 29.6. The first-order valence-electron chi connectivity index (χ1n) is 11.1. The SMILES string of the molecule is CN(Cc1cc(C(F)(F)F)cc(C(F)(F)F)c1)C(=O)C1CCN(C(=O)C(N)=O)CC1c1ccc(Cl)c(Cl)c1. The highest BCUT2D eigenvalue weighted by Gasteiger charge is 2.40. The fourth-order valence-electron chi connectivity index (χ4n) is 4.41. The number of halogens is 8. The lowest BCUT2D eigenvalue weighted by molar-refractivity contribution is -0.147. The zero-order valence-electron chi connectivity index (χ0n) is 19.7. The number of primary amides is 1. The molecule has 0 bridgehead atoms. The molecule has 1 aliphatic rings. The summed E-state index contributed by atoms with van der Waals surface area (Å²) in [6, 6.07) is 5.65. The fraction of sp³-hybridized carbons (Fsp3) is 0.375. The maximum absolute atomic E-state index is 13.4. The van der Waals surface area contributed by atoms with Gasteiger partial charge in [0.2, 0.25) is 5.91 Å². The lowest BCUT2D eigenvalue weighted by atomic mass is 9.79. The van der Waals surface area contributed by atoms with Gasteiger partial charge in [-0.15, -0.1) is 0 Å². The number of piperidine rings is 1. The Balaban J connectivity index is 1.93. The van der Waals surface area contributed by atoms with Crippen molar-refractivity contribution in [1.82, 2.24) is 9.80 Å². The summed E-state index contributed by atoms with van der Waals surface area (Å²) in [6.07, 6.45) is -10.0. The van der Waals surface area contributed by atoms with Crippen molar-refractivity contribution in [2.75, 3.05) is 20.1 Å². The zero-order valence-corrected chi connectivity index (χ0v) is 21.2. The van der Waals surface area contributed by atoms with Gasteiger partial charge in [0.25, 0.3) is 0 Å². The molecule has 0 radical (unpaired) electrons. The number of benzene rings is 2. The van der Waals surface area contributed by atoms with Crippen LogP contribution in [-0.2, 0) is 33.3 Å². The minimum Gasteiger partial charge on any atom is -0.361 e. The molecule has 2 unspecified atom stereocenters. The number of likely N-dealkylation sites (tertiary alicyclic amines) is 1. The Morgan fingerprint density at radius 3 is 2.05 bits per heavy atom. The average molecular weight is 584 g/mol. The molecule has 206 valence electrons. The van der Waals surface area contributed by atoms with Gasteiger partial charge in [-0.3, -0.25) is 14.4 Å². The van der Waals surface area contributed by atoms with Gasteiger partial charge in [-0.25, -0.2) is 0 Å². The second-order valence-corrected chi connectivity index (χ2v) is 9.71. The van der Waals surface area contributed by atoms with Gasteiger partial charge in [-0.2, -0.15) is 26.3 Å². The van der Waals surface area contributed by atoms with E-state index >= 15 is 0 Å². The number of hydrogen-bond acceptors (Lipinski definition) is 3. The molecule has 1 heterocycles. The molecular weight excluding hydrogens is 563 g/mol. The molecule has 2 aromatic rings. The molecule has 2 aromatic carbocycles. The van der Waals surface area contributed by atoms with Crippen LogP contribution in [0.25, 0.3) is 0 Å². The van der Waals surface area contributed by atoms with Gasteiger partial charge in [0.1, 0.15) is 0 Å². The average Bonchev–Trinajstić information content (AvgIpc) is 2.83. The third kappa shape index (κ3) is 6.71. The Labute approximate surface area is 223 Å². The van der Waals surface area contributed by atoms with Crippen molar-refractivity contribution in [2.24, 2.45) is 11.7 Å². The summed E-state index contributed by atoms with van der Waals surface area (Å²) in [4.78, 5) is 39.3. The molecule has 0 spiro atoms. The topological polar surface area (TPSA) is 83.7 Å². The molecule has 2 atom stereocenters. The summed E-state index contributed by atoms with van der Waals surface area (Å²) < 4.78 is 79.5. The van der Waals surface area contributed by atoms with Crippen LogP contribution in [0.15, 0.2) is 36.4 Å². The monoisotopic (exact) mass is 583 g/mol. The molecule has 0 saturated carbocycles. The van der Waals surface area contributed by atoms with Crippen LogP contribution in [-0.4, -0.2) is 47.7 Å². The Morgan fingerprint density at radius 1 is 0.974 bits per heavy atom. The number of carbonyl (C=O) groups is 3. The van der Waals surface area contributed by atoms with Crippen LogP contribution in [0.1, 0.15) is 34.6 Å². The van der Waals surface area contributed by atoms with E-state index in [9.17, 15) is 40.7 Å². The molecule has 0 aromatic heterocycles. The number of carbonyl (C=O) groups excluding carboxylic acids is 3. The van der Waals surface area contributed by atoms with E-state index in [-0.39, 0.29) is 41.2 Å². The van der Waals surface area contributed by atoms with Gasteiger partial charge >= 0.3 is 24.2 Å². The molecule has 1 saturated heterocycles. The van der Waals surface area contributed by atoms with E-state index < -0.39 is 59.6 Å². The highest BCUT2D eigenvalue weighted by Crippen LogP contribution is 2.38. The highest BCUT2D eigenvalue weighted by atomic mass is 35.5. The Bertz CT molecular complexity index is 1220. The molecule has 6 nitrogen and oxygen atoms in total. The van der Waals surface area contributed by atoms with Crippen LogP contribution in [0.5, 0.6) is 0 Å². The Morgan fingerprint density at radius 2 is 1.55 bits per heavy atom. The van der Waals surface area contributed by atoms with E-state index in [2.05, 4.69) is 0 Å². The summed E-state index contributed by atoms with van der Waals surface area (Å²) in [5, 5.41) is 0.382. The van der Waals surface area contributed by atoms with E-state index in [1.807, 2.05) is 0 Å². The Kier molecular flexibility index (Phi) is 8.57. The molecule has 1 aliphatic heterocycles. The predicted octanol–water partition coefficient (Wildman–Crippen LogP) is 5.11. The van der Waals surface area contributed by atoms with E-state index in [0.717, 1.165) is 4.90 Å². The molecule has 0 aliphatic carbocycles. The van der Waals surface area contributed by atoms with Crippen molar-refractivity contribution in [2.45, 2.75) is 31.2 Å². The summed E-state index contributed by atoms with van der Waals surface area (Å²) in [7, 11) is 1.25. The van der Waals surface area contributed by atoms with Crippen molar-refractivity contribution in [1.29, 1.82) is 0 Å². The van der Waals surface area contributed by atoms with Gasteiger partial charge in [0.15, 0.2) is 0 Å². The fourth-order valence-corrected chi connectivity index (χ4v) is 4.72. The van der Waals surface area contributed by atoms with Crippen molar-refractivity contribution in [3.05, 3.63) is 68.7 Å². The first-order chi connectivity index (χ1) is 17.5. The molecule has 3 amide bonds. The highest BCUT2D eigenvalue weighted by molar-refractivity contribution is 6.42. The number of amides is 3. The molecule has 1 fully saturated rings. The van der Waals surface area contributed by atoms with Crippen LogP contribution in [0.4, 0.5) is 26.3 Å². The minimum absolute atomic E-state index is 0.0110. The van der Waals surface area contributed by atoms with Crippen LogP contribution in [0.3, 0.4) is 0 Å². The van der Waals surface area contributed by atoms with Crippen molar-refractivity contribution >= 4 is 40.9 Å². The standard InChI is InChI=1S/C24H21Cl2F6N3O3/c1-34(10-12-6-14(23(27,28)29)9-15(7-12)24(30,31)32)21(37)16-4-5-35(22(38)20(33)36)11-17(16)13-2-3-18(25)19(26)8-13/h2-3,6-9,16-17H,4-5,10-11H2,1H3,(H2,33,36). The smallest absolute Gasteiger partial charge is 0.361 e. The maximum Gasteiger partial charge on any atom is 0.416 e. The van der Waals surface area contributed by atoms with Crippen LogP contribution >= 0.6 is 23.2 Å². The second-order valence-electron chi connectivity index (χ2n) is 8.90. The number of nitrogens with zero attached hydrogens (tertiary/aromatic N) is 2. The Hall–Kier alpha value is -2.99. The van der Waals surface area contributed by atoms with Gasteiger partial charge in [0.05, 0.1) is 21.2 Å². The zero-order chi connectivity index (χ0) is 28.6. The maximum atomic E-state index is 13.4. The van der Waals surface area contributed by atoms with Crippen molar-refractivity contribution in [3.63, 3.8) is 0 Å². The largest absolute Gasteiger partial charge is 0.416 e. The second kappa shape index (κ2) is 11.0. The lowest BCUT2D eigenvalue weighted by Gasteiger charge is -2.39. The van der Waals surface area contributed by atoms with Crippen LogP contribution in [0.2, 0.25) is 10.0 Å². The number of alkyl halides is 6. The van der Waals surface area contributed by atoms with Gasteiger partial charge in [-0.1, -0.05) is 29.3 Å². The van der Waals surface area contributed by atoms with E-state index in [1.54, 1.807) is 6.07 Å². The van der Waals surface area contributed by atoms with E-state index in [1.165, 1.54) is 24.1 Å². The lowest BCUT2D eigenvalue weighted by Crippen LogP contribution is -2.50. The summed E-state index contributed by atoms with van der Waals surface area (Å²) >= 11 is 12.1.